The molecule has 0 fully saturated rings. The Morgan fingerprint density at radius 1 is 1.18 bits per heavy atom. The first-order valence-electron chi connectivity index (χ1n) is 7.42. The fourth-order valence-corrected chi connectivity index (χ4v) is 1.86. The van der Waals surface area contributed by atoms with Crippen molar-refractivity contribution in [3.05, 3.63) is 12.4 Å². The van der Waals surface area contributed by atoms with Crippen molar-refractivity contribution in [3.63, 3.8) is 0 Å². The van der Waals surface area contributed by atoms with E-state index in [9.17, 15) is 48.9 Å². The Labute approximate surface area is 155 Å². The normalized spacial score (nSPS) is 14.9. The molecule has 0 aliphatic carbocycles. The summed E-state index contributed by atoms with van der Waals surface area (Å²) in [6.45, 7) is 1.73. The number of alkyl halides is 5. The first kappa shape index (κ1) is 26.1. The molecule has 164 valence electrons. The highest BCUT2D eigenvalue weighted by Crippen LogP contribution is 2.37. The van der Waals surface area contributed by atoms with E-state index in [0.29, 0.717) is 6.42 Å². The Morgan fingerprint density at radius 3 is 2.11 bits per heavy atom. The minimum atomic E-state index is -6.26. The van der Waals surface area contributed by atoms with Crippen LogP contribution in [0.1, 0.15) is 26.2 Å². The van der Waals surface area contributed by atoms with Gasteiger partial charge in [0.15, 0.2) is 10.1 Å². The maximum Gasteiger partial charge on any atom is 0.466 e. The molecule has 0 heterocycles. The van der Waals surface area contributed by atoms with Gasteiger partial charge in [0.2, 0.25) is 5.83 Å². The fourth-order valence-electron chi connectivity index (χ4n) is 1.53. The van der Waals surface area contributed by atoms with Crippen LogP contribution in [-0.2, 0) is 29.2 Å². The third-order valence-electron chi connectivity index (χ3n) is 3.01. The summed E-state index contributed by atoms with van der Waals surface area (Å²) in [5, 5.41) is -3.37. The third-order valence-corrected chi connectivity index (χ3v) is 3.95. The highest BCUT2D eigenvalue weighted by molar-refractivity contribution is 7.86. The van der Waals surface area contributed by atoms with E-state index in [4.69, 9.17) is 0 Å². The Bertz CT molecular complexity index is 694. The third kappa shape index (κ3) is 6.63. The van der Waals surface area contributed by atoms with E-state index in [1.165, 1.54) is 0 Å². The van der Waals surface area contributed by atoms with Gasteiger partial charge in [-0.15, -0.1) is 0 Å². The summed E-state index contributed by atoms with van der Waals surface area (Å²) in [4.78, 5) is 23.2. The highest BCUT2D eigenvalue weighted by atomic mass is 32.2. The summed E-state index contributed by atoms with van der Waals surface area (Å²) in [6.07, 6.45) is -7.43. The zero-order valence-electron chi connectivity index (χ0n) is 14.3. The van der Waals surface area contributed by atoms with Crippen molar-refractivity contribution in [2.75, 3.05) is 13.2 Å². The maximum absolute atomic E-state index is 13.4. The molecule has 0 aliphatic heterocycles. The second-order valence-electron chi connectivity index (χ2n) is 5.21. The van der Waals surface area contributed by atoms with Crippen molar-refractivity contribution in [2.45, 2.75) is 43.4 Å². The van der Waals surface area contributed by atoms with E-state index in [1.54, 1.807) is 12.2 Å². The lowest BCUT2D eigenvalue weighted by Gasteiger charge is -2.33. The van der Waals surface area contributed by atoms with Gasteiger partial charge < -0.3 is 19.3 Å². The number of rotatable bonds is 11. The van der Waals surface area contributed by atoms with Crippen LogP contribution in [0.15, 0.2) is 12.4 Å². The number of nitrogens with one attached hydrogen (secondary N) is 1. The van der Waals surface area contributed by atoms with Crippen LogP contribution in [0.2, 0.25) is 0 Å². The van der Waals surface area contributed by atoms with Gasteiger partial charge in [-0.3, -0.25) is 4.79 Å². The van der Waals surface area contributed by atoms with Crippen LogP contribution < -0.4 is 5.32 Å². The van der Waals surface area contributed by atoms with Gasteiger partial charge in [-0.2, -0.15) is 26.3 Å². The van der Waals surface area contributed by atoms with Crippen molar-refractivity contribution in [2.24, 2.45) is 0 Å². The number of carbonyl (C=O) groups is 2. The molecule has 1 unspecified atom stereocenters. The molecule has 0 spiro atoms. The number of amides is 1. The average molecular weight is 444 g/mol. The second-order valence-corrected chi connectivity index (χ2v) is 6.71. The molecule has 8 nitrogen and oxygen atoms in total. The van der Waals surface area contributed by atoms with Crippen LogP contribution >= 0.6 is 0 Å². The number of esters is 1. The molecule has 1 N–H and O–H groups in total. The van der Waals surface area contributed by atoms with Crippen LogP contribution in [0, 0.1) is 0 Å². The van der Waals surface area contributed by atoms with Gasteiger partial charge >= 0.3 is 29.1 Å². The van der Waals surface area contributed by atoms with Gasteiger partial charge in [0.05, 0.1) is 6.61 Å². The molecule has 0 aliphatic rings. The Hall–Kier alpha value is -1.87. The molecule has 0 saturated heterocycles. The van der Waals surface area contributed by atoms with E-state index in [2.05, 4.69) is 16.1 Å². The van der Waals surface area contributed by atoms with Gasteiger partial charge in [0, 0.05) is 13.0 Å². The predicted molar refractivity (Wildman–Crippen MR) is 78.3 cm³/mol. The molecule has 0 bridgehead atoms. The zero-order chi connectivity index (χ0) is 22.4. The smallest absolute Gasteiger partial charge is 0.466 e. The van der Waals surface area contributed by atoms with Gasteiger partial charge in [-0.25, -0.2) is 13.2 Å². The van der Waals surface area contributed by atoms with Crippen molar-refractivity contribution >= 4 is 22.0 Å². The Balaban J connectivity index is 5.81. The summed E-state index contributed by atoms with van der Waals surface area (Å²) in [6, 6.07) is 0. The van der Waals surface area contributed by atoms with Crippen molar-refractivity contribution < 1.29 is 58.4 Å². The number of unbranched alkanes of at least 4 members (excludes halogenated alkanes) is 1. The lowest BCUT2D eigenvalue weighted by Crippen LogP contribution is -2.62. The van der Waals surface area contributed by atoms with E-state index in [-0.39, 0.29) is 13.0 Å². The number of ether oxygens (including phenoxy) is 2. The average Bonchev–Trinajstić information content (AvgIpc) is 2.51. The molecule has 0 rings (SSSR count). The lowest BCUT2D eigenvalue weighted by molar-refractivity contribution is -0.348. The SMILES string of the molecule is C=C(F)C(=O)OC(OCCC(F)(F)S(=O)(=O)[O-])(C(=O)NCCCC)C(F)(F)F. The molecule has 0 radical (unpaired) electrons. The molecule has 0 saturated carbocycles. The molecule has 28 heavy (non-hydrogen) atoms. The molecular formula is C13H16F6NO7S-. The molecular weight excluding hydrogens is 428 g/mol. The minimum absolute atomic E-state index is 0.163. The lowest BCUT2D eigenvalue weighted by atomic mass is 10.2. The van der Waals surface area contributed by atoms with Crippen molar-refractivity contribution in [3.8, 4) is 0 Å². The van der Waals surface area contributed by atoms with Gasteiger partial charge in [-0.05, 0) is 6.42 Å². The van der Waals surface area contributed by atoms with Crippen LogP contribution in [0.25, 0.3) is 0 Å². The summed E-state index contributed by atoms with van der Waals surface area (Å²) in [5.74, 6) is -11.2. The van der Waals surface area contributed by atoms with Crippen molar-refractivity contribution in [1.29, 1.82) is 0 Å². The van der Waals surface area contributed by atoms with Crippen LogP contribution in [0.5, 0.6) is 0 Å². The maximum atomic E-state index is 13.4. The predicted octanol–water partition coefficient (Wildman–Crippen LogP) is 1.73. The zero-order valence-corrected chi connectivity index (χ0v) is 15.1. The first-order chi connectivity index (χ1) is 12.5. The van der Waals surface area contributed by atoms with Gasteiger partial charge in [0.25, 0.3) is 0 Å². The molecule has 1 atom stereocenters. The highest BCUT2D eigenvalue weighted by Gasteiger charge is 2.66. The van der Waals surface area contributed by atoms with Crippen LogP contribution in [-0.4, -0.2) is 55.2 Å². The monoisotopic (exact) mass is 444 g/mol. The number of carbonyl (C=O) groups excluding carboxylic acids is 2. The molecule has 0 aromatic carbocycles. The summed E-state index contributed by atoms with van der Waals surface area (Å²) >= 11 is 0. The summed E-state index contributed by atoms with van der Waals surface area (Å²) in [7, 11) is -6.26. The largest absolute Gasteiger partial charge is 0.743 e. The Morgan fingerprint density at radius 2 is 1.71 bits per heavy atom. The van der Waals surface area contributed by atoms with Crippen molar-refractivity contribution in [1.82, 2.24) is 5.32 Å². The standard InChI is InChI=1S/C13H17F6NO7S/c1-3-4-6-20-10(22)12(13(17,18)19,27-9(21)8(2)14)26-7-5-11(15,16)28(23,24)25/h2-7H2,1H3,(H,20,22)(H,23,24,25)/p-1. The summed E-state index contributed by atoms with van der Waals surface area (Å²) < 4.78 is 118. The summed E-state index contributed by atoms with van der Waals surface area (Å²) in [5.41, 5.74) is 0. The van der Waals surface area contributed by atoms with Crippen LogP contribution in [0.3, 0.4) is 0 Å². The number of hydrogen-bond donors (Lipinski definition) is 1. The van der Waals surface area contributed by atoms with E-state index in [1.807, 2.05) is 0 Å². The van der Waals surface area contributed by atoms with Gasteiger partial charge in [-0.1, -0.05) is 19.9 Å². The molecule has 15 heteroatoms. The topological polar surface area (TPSA) is 122 Å². The van der Waals surface area contributed by atoms with E-state index >= 15 is 0 Å². The minimum Gasteiger partial charge on any atom is -0.743 e. The van der Waals surface area contributed by atoms with E-state index < -0.39 is 58.1 Å². The van der Waals surface area contributed by atoms with E-state index in [0.717, 1.165) is 0 Å². The quantitative estimate of drug-likeness (QED) is 0.129. The first-order valence-corrected chi connectivity index (χ1v) is 8.82. The number of hydrogen-bond acceptors (Lipinski definition) is 7. The Kier molecular flexibility index (Phi) is 8.92. The molecule has 0 aromatic heterocycles. The van der Waals surface area contributed by atoms with Gasteiger partial charge in [0.1, 0.15) is 0 Å². The second kappa shape index (κ2) is 9.56. The number of halogens is 6. The molecule has 1 amide bonds. The van der Waals surface area contributed by atoms with Crippen LogP contribution in [0.4, 0.5) is 26.3 Å². The fraction of sp³-hybridized carbons (Fsp3) is 0.692. The molecule has 0 aromatic rings.